The van der Waals surface area contributed by atoms with E-state index in [4.69, 9.17) is 0 Å². The maximum absolute atomic E-state index is 13.3. The molecule has 2 heterocycles. The van der Waals surface area contributed by atoms with E-state index in [1.54, 1.807) is 12.1 Å². The second-order valence-electron chi connectivity index (χ2n) is 5.61. The van der Waals surface area contributed by atoms with Crippen LogP contribution >= 0.6 is 0 Å². The van der Waals surface area contributed by atoms with E-state index in [9.17, 15) is 9.18 Å². The second kappa shape index (κ2) is 6.35. The molecule has 0 aliphatic carbocycles. The van der Waals surface area contributed by atoms with Crippen LogP contribution in [0.15, 0.2) is 30.3 Å². The van der Waals surface area contributed by atoms with Gasteiger partial charge in [-0.2, -0.15) is 4.80 Å². The van der Waals surface area contributed by atoms with Crippen molar-refractivity contribution in [2.45, 2.75) is 33.9 Å². The van der Waals surface area contributed by atoms with Crippen LogP contribution in [0.4, 0.5) is 4.39 Å². The van der Waals surface area contributed by atoms with Crippen molar-refractivity contribution in [3.63, 3.8) is 0 Å². The molecular weight excluding hydrogens is 309 g/mol. The third-order valence-corrected chi connectivity index (χ3v) is 4.01. The molecule has 0 N–H and O–H groups in total. The molecule has 3 rings (SSSR count). The summed E-state index contributed by atoms with van der Waals surface area (Å²) in [6.45, 7) is 6.75. The summed E-state index contributed by atoms with van der Waals surface area (Å²) in [6.07, 6.45) is 0. The minimum atomic E-state index is -0.369. The fourth-order valence-electron chi connectivity index (χ4n) is 2.84. The van der Waals surface area contributed by atoms with Gasteiger partial charge in [0, 0.05) is 29.1 Å². The summed E-state index contributed by atoms with van der Waals surface area (Å²) >= 11 is 0. The lowest BCUT2D eigenvalue weighted by Crippen LogP contribution is -2.14. The molecule has 0 spiro atoms. The van der Waals surface area contributed by atoms with Gasteiger partial charge in [0.15, 0.2) is 5.78 Å². The minimum absolute atomic E-state index is 0.00365. The predicted octanol–water partition coefficient (Wildman–Crippen LogP) is 2.80. The molecule has 6 nitrogen and oxygen atoms in total. The molecule has 0 aliphatic heterocycles. The molecule has 24 heavy (non-hydrogen) atoms. The molecule has 0 unspecified atom stereocenters. The number of aromatic nitrogens is 5. The van der Waals surface area contributed by atoms with Gasteiger partial charge in [-0.25, -0.2) is 4.39 Å². The number of rotatable bonds is 5. The lowest BCUT2D eigenvalue weighted by Gasteiger charge is -2.05. The largest absolute Gasteiger partial charge is 0.349 e. The molecule has 0 saturated carbocycles. The number of carbonyl (C=O) groups is 1. The van der Waals surface area contributed by atoms with Crippen LogP contribution in [0.1, 0.15) is 28.7 Å². The summed E-state index contributed by atoms with van der Waals surface area (Å²) < 4.78 is 15.4. The van der Waals surface area contributed by atoms with Crippen LogP contribution in [0.5, 0.6) is 0 Å². The maximum atomic E-state index is 13.3. The van der Waals surface area contributed by atoms with Gasteiger partial charge in [0.25, 0.3) is 0 Å². The van der Waals surface area contributed by atoms with Gasteiger partial charge in [0.1, 0.15) is 12.4 Å². The quantitative estimate of drug-likeness (QED) is 0.676. The van der Waals surface area contributed by atoms with E-state index in [1.165, 1.54) is 16.9 Å². The van der Waals surface area contributed by atoms with Crippen molar-refractivity contribution < 1.29 is 9.18 Å². The van der Waals surface area contributed by atoms with Gasteiger partial charge in [0.05, 0.1) is 0 Å². The Morgan fingerprint density at radius 1 is 1.25 bits per heavy atom. The van der Waals surface area contributed by atoms with E-state index < -0.39 is 0 Å². The molecule has 0 amide bonds. The number of hydrogen-bond acceptors (Lipinski definition) is 4. The van der Waals surface area contributed by atoms with E-state index in [-0.39, 0.29) is 18.1 Å². The Kier molecular flexibility index (Phi) is 4.24. The molecule has 0 bridgehead atoms. The van der Waals surface area contributed by atoms with Crippen LogP contribution in [0.25, 0.3) is 11.4 Å². The predicted molar refractivity (Wildman–Crippen MR) is 87.1 cm³/mol. The topological polar surface area (TPSA) is 65.6 Å². The first kappa shape index (κ1) is 16.0. The van der Waals surface area contributed by atoms with Crippen molar-refractivity contribution in [1.29, 1.82) is 0 Å². The highest BCUT2D eigenvalue weighted by molar-refractivity contribution is 5.97. The number of aryl methyl sites for hydroxylation is 1. The molecular formula is C17H18FN5O. The fraction of sp³-hybridized carbons (Fsp3) is 0.294. The van der Waals surface area contributed by atoms with Gasteiger partial charge < -0.3 is 4.57 Å². The highest BCUT2D eigenvalue weighted by Gasteiger charge is 2.17. The van der Waals surface area contributed by atoms with Gasteiger partial charge in [-0.15, -0.1) is 10.2 Å². The van der Waals surface area contributed by atoms with E-state index >= 15 is 0 Å². The molecule has 2 aromatic heterocycles. The van der Waals surface area contributed by atoms with Crippen molar-refractivity contribution in [2.75, 3.05) is 0 Å². The molecule has 1 aromatic carbocycles. The zero-order chi connectivity index (χ0) is 17.3. The molecule has 0 saturated heterocycles. The highest BCUT2D eigenvalue weighted by Crippen LogP contribution is 2.17. The Balaban J connectivity index is 1.81. The van der Waals surface area contributed by atoms with Gasteiger partial charge in [-0.05, 0) is 44.2 Å². The smallest absolute Gasteiger partial charge is 0.205 e. The number of hydrogen-bond donors (Lipinski definition) is 0. The normalized spacial score (nSPS) is 11.0. The van der Waals surface area contributed by atoms with Crippen molar-refractivity contribution in [2.24, 2.45) is 0 Å². The van der Waals surface area contributed by atoms with Crippen molar-refractivity contribution in [3.8, 4) is 11.4 Å². The monoisotopic (exact) mass is 327 g/mol. The van der Waals surface area contributed by atoms with Gasteiger partial charge in [-0.1, -0.05) is 12.1 Å². The first-order valence-corrected chi connectivity index (χ1v) is 7.73. The highest BCUT2D eigenvalue weighted by atomic mass is 19.1. The zero-order valence-electron chi connectivity index (χ0n) is 13.8. The number of ketones is 1. The third-order valence-electron chi connectivity index (χ3n) is 4.01. The Hall–Kier alpha value is -2.83. The second-order valence-corrected chi connectivity index (χ2v) is 5.61. The van der Waals surface area contributed by atoms with Crippen molar-refractivity contribution in [1.82, 2.24) is 24.8 Å². The summed E-state index contributed by atoms with van der Waals surface area (Å²) in [7, 11) is 0. The van der Waals surface area contributed by atoms with Crippen LogP contribution in [0.2, 0.25) is 0 Å². The lowest BCUT2D eigenvalue weighted by atomic mass is 10.1. The zero-order valence-corrected chi connectivity index (χ0v) is 13.8. The first-order valence-electron chi connectivity index (χ1n) is 7.73. The lowest BCUT2D eigenvalue weighted by molar-refractivity contribution is 0.0960. The van der Waals surface area contributed by atoms with Crippen LogP contribution in [0, 0.1) is 19.7 Å². The van der Waals surface area contributed by atoms with Gasteiger partial charge in [0.2, 0.25) is 5.82 Å². The van der Waals surface area contributed by atoms with Crippen LogP contribution < -0.4 is 0 Å². The standard InChI is InChI=1S/C17H18FN5O/c1-4-22-11(2)8-15(12(22)3)16(24)10-23-20-17(19-21-23)13-6-5-7-14(18)9-13/h5-9H,4,10H2,1-3H3. The third kappa shape index (κ3) is 2.97. The average molecular weight is 327 g/mol. The number of halogens is 1. The SMILES string of the molecule is CCn1c(C)cc(C(=O)Cn2nnc(-c3cccc(F)c3)n2)c1C. The number of tetrazole rings is 1. The molecule has 3 aromatic rings. The number of nitrogens with zero attached hydrogens (tertiary/aromatic N) is 5. The van der Waals surface area contributed by atoms with Crippen LogP contribution in [-0.2, 0) is 13.1 Å². The molecule has 124 valence electrons. The summed E-state index contributed by atoms with van der Waals surface area (Å²) in [5, 5.41) is 12.0. The molecule has 0 atom stereocenters. The maximum Gasteiger partial charge on any atom is 0.205 e. The Bertz CT molecular complexity index is 896. The van der Waals surface area contributed by atoms with Crippen molar-refractivity contribution >= 4 is 5.78 Å². The summed E-state index contributed by atoms with van der Waals surface area (Å²) in [4.78, 5) is 13.8. The van der Waals surface area contributed by atoms with E-state index in [2.05, 4.69) is 20.0 Å². The molecule has 0 fully saturated rings. The molecule has 7 heteroatoms. The number of Topliss-reactive ketones (excluding diaryl/α,β-unsaturated/α-hetero) is 1. The number of carbonyl (C=O) groups excluding carboxylic acids is 1. The summed E-state index contributed by atoms with van der Waals surface area (Å²) in [6, 6.07) is 7.84. The van der Waals surface area contributed by atoms with E-state index in [0.717, 1.165) is 17.9 Å². The first-order chi connectivity index (χ1) is 11.5. The minimum Gasteiger partial charge on any atom is -0.349 e. The van der Waals surface area contributed by atoms with E-state index in [1.807, 2.05) is 26.8 Å². The van der Waals surface area contributed by atoms with Crippen molar-refractivity contribution in [3.05, 3.63) is 53.1 Å². The molecule has 0 radical (unpaired) electrons. The van der Waals surface area contributed by atoms with E-state index in [0.29, 0.717) is 17.0 Å². The Labute approximate surface area is 138 Å². The Morgan fingerprint density at radius 2 is 2.04 bits per heavy atom. The van der Waals surface area contributed by atoms with Crippen LogP contribution in [0.3, 0.4) is 0 Å². The summed E-state index contributed by atoms with van der Waals surface area (Å²) in [5.41, 5.74) is 3.17. The molecule has 0 aliphatic rings. The van der Waals surface area contributed by atoms with Gasteiger partial charge >= 0.3 is 0 Å². The number of benzene rings is 1. The van der Waals surface area contributed by atoms with Crippen LogP contribution in [-0.4, -0.2) is 30.6 Å². The Morgan fingerprint density at radius 3 is 2.71 bits per heavy atom. The summed E-state index contributed by atoms with van der Waals surface area (Å²) in [5.74, 6) is -0.153. The fourth-order valence-corrected chi connectivity index (χ4v) is 2.84. The average Bonchev–Trinajstić information content (AvgIpc) is 3.12. The van der Waals surface area contributed by atoms with Gasteiger partial charge in [-0.3, -0.25) is 4.79 Å².